The van der Waals surface area contributed by atoms with Crippen molar-refractivity contribution in [2.45, 2.75) is 13.5 Å². The molecule has 1 aromatic heterocycles. The van der Waals surface area contributed by atoms with Crippen LogP contribution in [0.15, 0.2) is 48.8 Å². The largest absolute Gasteiger partial charge is 0.486 e. The minimum atomic E-state index is -2.37. The molecule has 3 rings (SSSR count). The van der Waals surface area contributed by atoms with E-state index in [0.29, 0.717) is 22.4 Å². The third-order valence-corrected chi connectivity index (χ3v) is 6.11. The average Bonchev–Trinajstić information content (AvgIpc) is 2.64. The number of nitrogens with zero attached hydrogens (tertiary/aromatic N) is 2. The number of halogens is 1. The van der Waals surface area contributed by atoms with Gasteiger partial charge in [-0.2, -0.15) is 0 Å². The van der Waals surface area contributed by atoms with Gasteiger partial charge in [-0.1, -0.05) is 29.8 Å². The quantitative estimate of drug-likeness (QED) is 0.451. The Hall–Kier alpha value is -2.56. The molecule has 8 heteroatoms. The zero-order valence-electron chi connectivity index (χ0n) is 15.9. The summed E-state index contributed by atoms with van der Waals surface area (Å²) in [5.41, 5.74) is 9.17. The van der Waals surface area contributed by atoms with Crippen LogP contribution in [0.3, 0.4) is 0 Å². The highest BCUT2D eigenvalue weighted by Gasteiger charge is 2.13. The number of para-hydroxylation sites is 1. The number of benzene rings is 2. The van der Waals surface area contributed by atoms with Crippen LogP contribution in [0.4, 0.5) is 17.3 Å². The molecule has 0 atom stereocenters. The highest BCUT2D eigenvalue weighted by atomic mass is 35.5. The van der Waals surface area contributed by atoms with E-state index in [1.54, 1.807) is 37.9 Å². The number of hydrogen-bond donors (Lipinski definition) is 2. The van der Waals surface area contributed by atoms with Crippen molar-refractivity contribution < 1.29 is 9.30 Å². The topological polar surface area (TPSA) is 90.1 Å². The molecule has 0 aliphatic rings. The fourth-order valence-corrected chi connectivity index (χ4v) is 3.67. The van der Waals surface area contributed by atoms with E-state index in [0.717, 1.165) is 22.1 Å². The van der Waals surface area contributed by atoms with E-state index < -0.39 is 7.14 Å². The highest BCUT2D eigenvalue weighted by molar-refractivity contribution is 7.70. The second kappa shape index (κ2) is 8.21. The fraction of sp³-hybridized carbons (Fsp3) is 0.200. The van der Waals surface area contributed by atoms with Gasteiger partial charge in [-0.15, -0.1) is 0 Å². The number of nitrogens with two attached hydrogens (primary N) is 1. The molecule has 6 nitrogen and oxygen atoms in total. The van der Waals surface area contributed by atoms with E-state index in [-0.39, 0.29) is 6.61 Å². The molecule has 0 spiro atoms. The summed E-state index contributed by atoms with van der Waals surface area (Å²) in [4.78, 5) is 8.53. The first kappa shape index (κ1) is 20.2. The number of ether oxygens (including phenoxy) is 1. The molecule has 146 valence electrons. The van der Waals surface area contributed by atoms with Crippen molar-refractivity contribution in [1.29, 1.82) is 0 Å². The summed E-state index contributed by atoms with van der Waals surface area (Å²) < 4.78 is 18.0. The Balaban J connectivity index is 1.69. The molecule has 0 unspecified atom stereocenters. The van der Waals surface area contributed by atoms with Crippen LogP contribution in [-0.4, -0.2) is 23.3 Å². The summed E-state index contributed by atoms with van der Waals surface area (Å²) in [6, 6.07) is 11.0. The maximum absolute atomic E-state index is 12.3. The van der Waals surface area contributed by atoms with Crippen LogP contribution >= 0.6 is 18.7 Å². The molecule has 0 fully saturated rings. The van der Waals surface area contributed by atoms with Crippen molar-refractivity contribution in [3.63, 3.8) is 0 Å². The summed E-state index contributed by atoms with van der Waals surface area (Å²) in [7, 11) is -2.37. The maximum atomic E-state index is 12.3. The van der Waals surface area contributed by atoms with Crippen LogP contribution in [0.1, 0.15) is 11.1 Å². The molecular weight excluding hydrogens is 395 g/mol. The molecule has 2 aromatic carbocycles. The van der Waals surface area contributed by atoms with Crippen LogP contribution < -0.4 is 21.1 Å². The number of anilines is 3. The third-order valence-electron chi connectivity index (χ3n) is 4.22. The maximum Gasteiger partial charge on any atom is 0.227 e. The molecule has 3 N–H and O–H groups in total. The van der Waals surface area contributed by atoms with Crippen molar-refractivity contribution in [3.8, 4) is 5.75 Å². The van der Waals surface area contributed by atoms with Gasteiger partial charge in [0.25, 0.3) is 0 Å². The molecule has 0 bridgehead atoms. The summed E-state index contributed by atoms with van der Waals surface area (Å²) in [6.07, 6.45) is 3.15. The van der Waals surface area contributed by atoms with Gasteiger partial charge in [-0.3, -0.25) is 0 Å². The Morgan fingerprint density at radius 3 is 2.54 bits per heavy atom. The molecule has 0 saturated heterocycles. The predicted octanol–water partition coefficient (Wildman–Crippen LogP) is 4.59. The van der Waals surface area contributed by atoms with Crippen LogP contribution in [-0.2, 0) is 11.2 Å². The molecule has 0 amide bonds. The molecular formula is C20H22ClN4O2P. The van der Waals surface area contributed by atoms with E-state index >= 15 is 0 Å². The first-order chi connectivity index (χ1) is 13.2. The molecule has 1 heterocycles. The third kappa shape index (κ3) is 4.83. The number of aryl methyl sites for hydroxylation is 1. The van der Waals surface area contributed by atoms with Gasteiger partial charge in [0, 0.05) is 15.9 Å². The standard InChI is InChI=1S/C20H22ClN4O2P/c1-13-5-4-6-18(22)19(13)25-20-23-10-15(11-24-20)27-12-14-9-16(28(2,3)26)7-8-17(14)21/h4-11H,12,22H2,1-3H3,(H,23,24,25). The molecule has 3 aromatic rings. The summed E-state index contributed by atoms with van der Waals surface area (Å²) in [5, 5.41) is 4.45. The van der Waals surface area contributed by atoms with Gasteiger partial charge in [-0.25, -0.2) is 9.97 Å². The summed E-state index contributed by atoms with van der Waals surface area (Å²) >= 11 is 6.23. The fourth-order valence-electron chi connectivity index (χ4n) is 2.60. The molecule has 28 heavy (non-hydrogen) atoms. The van der Waals surface area contributed by atoms with Crippen LogP contribution in [0.5, 0.6) is 5.75 Å². The van der Waals surface area contributed by atoms with Gasteiger partial charge in [0.1, 0.15) is 13.7 Å². The molecule has 0 saturated carbocycles. The van der Waals surface area contributed by atoms with Gasteiger partial charge >= 0.3 is 0 Å². The van der Waals surface area contributed by atoms with Crippen LogP contribution in [0, 0.1) is 6.92 Å². The Labute approximate surface area is 169 Å². The number of aromatic nitrogens is 2. The van der Waals surface area contributed by atoms with Crippen LogP contribution in [0.25, 0.3) is 0 Å². The van der Waals surface area contributed by atoms with E-state index in [1.807, 2.05) is 31.2 Å². The predicted molar refractivity (Wildman–Crippen MR) is 116 cm³/mol. The number of rotatable bonds is 6. The minimum absolute atomic E-state index is 0.230. The molecule has 0 radical (unpaired) electrons. The smallest absolute Gasteiger partial charge is 0.227 e. The van der Waals surface area contributed by atoms with Crippen molar-refractivity contribution in [2.75, 3.05) is 24.4 Å². The average molecular weight is 417 g/mol. The number of nitrogen functional groups attached to an aromatic ring is 1. The summed E-state index contributed by atoms with van der Waals surface area (Å²) in [5.74, 6) is 0.923. The lowest BCUT2D eigenvalue weighted by Gasteiger charge is -2.13. The Kier molecular flexibility index (Phi) is 5.92. The van der Waals surface area contributed by atoms with E-state index in [1.165, 1.54) is 0 Å². The lowest BCUT2D eigenvalue weighted by molar-refractivity contribution is 0.304. The van der Waals surface area contributed by atoms with E-state index in [4.69, 9.17) is 22.1 Å². The normalized spacial score (nSPS) is 11.3. The SMILES string of the molecule is Cc1cccc(N)c1Nc1ncc(OCc2cc(P(C)(C)=O)ccc2Cl)cn1. The van der Waals surface area contributed by atoms with Crippen molar-refractivity contribution >= 4 is 41.4 Å². The van der Waals surface area contributed by atoms with Crippen LogP contribution in [0.2, 0.25) is 5.02 Å². The van der Waals surface area contributed by atoms with Gasteiger partial charge in [-0.05, 0) is 44.0 Å². The molecule has 0 aliphatic carbocycles. The Morgan fingerprint density at radius 2 is 1.89 bits per heavy atom. The van der Waals surface area contributed by atoms with E-state index in [2.05, 4.69) is 15.3 Å². The minimum Gasteiger partial charge on any atom is -0.486 e. The van der Waals surface area contributed by atoms with Gasteiger partial charge in [0.15, 0.2) is 5.75 Å². The molecule has 0 aliphatic heterocycles. The lowest BCUT2D eigenvalue weighted by Crippen LogP contribution is -2.07. The first-order valence-corrected chi connectivity index (χ1v) is 11.6. The van der Waals surface area contributed by atoms with Crippen molar-refractivity contribution in [1.82, 2.24) is 9.97 Å². The number of hydrogen-bond acceptors (Lipinski definition) is 6. The van der Waals surface area contributed by atoms with E-state index in [9.17, 15) is 4.57 Å². The van der Waals surface area contributed by atoms with Crippen molar-refractivity contribution in [3.05, 3.63) is 64.9 Å². The second-order valence-electron chi connectivity index (χ2n) is 6.82. The second-order valence-corrected chi connectivity index (χ2v) is 10.4. The Morgan fingerprint density at radius 1 is 1.18 bits per heavy atom. The monoisotopic (exact) mass is 416 g/mol. The summed E-state index contributed by atoms with van der Waals surface area (Å²) in [6.45, 7) is 5.64. The zero-order chi connectivity index (χ0) is 20.3. The highest BCUT2D eigenvalue weighted by Crippen LogP contribution is 2.35. The Bertz CT molecular complexity index is 1010. The zero-order valence-corrected chi connectivity index (χ0v) is 17.6. The first-order valence-electron chi connectivity index (χ1n) is 8.65. The number of nitrogens with one attached hydrogen (secondary N) is 1. The van der Waals surface area contributed by atoms with Gasteiger partial charge < -0.3 is 20.4 Å². The van der Waals surface area contributed by atoms with Gasteiger partial charge in [0.2, 0.25) is 5.95 Å². The van der Waals surface area contributed by atoms with Gasteiger partial charge in [0.05, 0.1) is 23.8 Å². The van der Waals surface area contributed by atoms with Crippen molar-refractivity contribution in [2.24, 2.45) is 0 Å². The lowest BCUT2D eigenvalue weighted by atomic mass is 10.2.